The summed E-state index contributed by atoms with van der Waals surface area (Å²) in [7, 11) is 1.89. The fourth-order valence-corrected chi connectivity index (χ4v) is 2.91. The first kappa shape index (κ1) is 14.1. The number of carbonyl (C=O) groups is 1. The first-order valence-corrected chi connectivity index (χ1v) is 6.99. The number of phenols is 1. The molecule has 2 aromatic rings. The van der Waals surface area contributed by atoms with Crippen LogP contribution >= 0.6 is 22.9 Å². The van der Waals surface area contributed by atoms with Crippen LogP contribution in [0.2, 0.25) is 4.34 Å². The molecule has 3 nitrogen and oxygen atoms in total. The number of likely N-dealkylation sites (N-methyl/N-ethyl adjacent to an activating group) is 1. The van der Waals surface area contributed by atoms with E-state index in [4.69, 9.17) is 11.6 Å². The summed E-state index contributed by atoms with van der Waals surface area (Å²) in [6.45, 7) is 1.03. The second-order valence-corrected chi connectivity index (χ2v) is 6.15. The van der Waals surface area contributed by atoms with E-state index in [0.717, 1.165) is 9.21 Å². The number of hydrogen-bond donors (Lipinski definition) is 1. The summed E-state index contributed by atoms with van der Waals surface area (Å²) in [4.78, 5) is 15.1. The molecule has 0 atom stereocenters. The number of nitrogens with zero attached hydrogens (tertiary/aromatic N) is 1. The lowest BCUT2D eigenvalue weighted by Gasteiger charge is -2.14. The molecule has 0 unspecified atom stereocenters. The number of aromatic hydroxyl groups is 1. The van der Waals surface area contributed by atoms with Gasteiger partial charge in [-0.2, -0.15) is 0 Å². The molecule has 0 amide bonds. The number of ketones is 1. The molecule has 0 fully saturated rings. The van der Waals surface area contributed by atoms with Gasteiger partial charge in [0.05, 0.1) is 10.9 Å². The maximum absolute atomic E-state index is 12.0. The summed E-state index contributed by atoms with van der Waals surface area (Å²) in [5.74, 6) is 0.197. The molecule has 0 radical (unpaired) electrons. The van der Waals surface area contributed by atoms with E-state index < -0.39 is 0 Å². The van der Waals surface area contributed by atoms with Gasteiger partial charge >= 0.3 is 0 Å². The smallest absolute Gasteiger partial charge is 0.176 e. The molecule has 0 bridgehead atoms. The molecule has 2 rings (SSSR count). The number of benzene rings is 1. The van der Waals surface area contributed by atoms with E-state index in [9.17, 15) is 9.90 Å². The van der Waals surface area contributed by atoms with Gasteiger partial charge in [-0.15, -0.1) is 11.3 Å². The van der Waals surface area contributed by atoms with Gasteiger partial charge in [-0.05, 0) is 43.4 Å². The third-order valence-corrected chi connectivity index (χ3v) is 3.87. The van der Waals surface area contributed by atoms with Crippen LogP contribution < -0.4 is 0 Å². The lowest BCUT2D eigenvalue weighted by Crippen LogP contribution is -2.25. The van der Waals surface area contributed by atoms with Crippen LogP contribution in [-0.4, -0.2) is 29.4 Å². The Labute approximate surface area is 121 Å². The molecule has 0 aliphatic carbocycles. The monoisotopic (exact) mass is 295 g/mol. The second kappa shape index (κ2) is 6.19. The van der Waals surface area contributed by atoms with Crippen molar-refractivity contribution in [2.75, 3.05) is 13.6 Å². The Kier molecular flexibility index (Phi) is 4.58. The zero-order chi connectivity index (χ0) is 13.8. The van der Waals surface area contributed by atoms with Crippen LogP contribution in [0.25, 0.3) is 0 Å². The van der Waals surface area contributed by atoms with Crippen molar-refractivity contribution in [2.45, 2.75) is 6.54 Å². The molecule has 0 saturated heterocycles. The van der Waals surface area contributed by atoms with E-state index in [0.29, 0.717) is 18.7 Å². The minimum atomic E-state index is 0.0325. The van der Waals surface area contributed by atoms with Crippen molar-refractivity contribution in [1.29, 1.82) is 0 Å². The molecular formula is C14H14ClNO2S. The minimum Gasteiger partial charge on any atom is -0.508 e. The largest absolute Gasteiger partial charge is 0.508 e. The molecule has 0 spiro atoms. The molecule has 19 heavy (non-hydrogen) atoms. The van der Waals surface area contributed by atoms with E-state index >= 15 is 0 Å². The van der Waals surface area contributed by atoms with Crippen LogP contribution in [0.3, 0.4) is 0 Å². The fraction of sp³-hybridized carbons (Fsp3) is 0.214. The van der Waals surface area contributed by atoms with Gasteiger partial charge in [0.15, 0.2) is 5.78 Å². The molecule has 0 saturated carbocycles. The molecule has 1 N–H and O–H groups in total. The van der Waals surface area contributed by atoms with Gasteiger partial charge in [0.2, 0.25) is 0 Å². The van der Waals surface area contributed by atoms with Crippen molar-refractivity contribution < 1.29 is 9.90 Å². The molecule has 100 valence electrons. The summed E-state index contributed by atoms with van der Waals surface area (Å²) in [6, 6.07) is 10.1. The zero-order valence-electron chi connectivity index (χ0n) is 10.5. The Hall–Kier alpha value is -1.36. The summed E-state index contributed by atoms with van der Waals surface area (Å²) in [6.07, 6.45) is 0. The average Bonchev–Trinajstić information content (AvgIpc) is 2.75. The quantitative estimate of drug-likeness (QED) is 0.859. The first-order valence-electron chi connectivity index (χ1n) is 5.79. The predicted molar refractivity (Wildman–Crippen MR) is 78.1 cm³/mol. The van der Waals surface area contributed by atoms with E-state index in [1.165, 1.54) is 23.5 Å². The minimum absolute atomic E-state index is 0.0325. The van der Waals surface area contributed by atoms with Crippen molar-refractivity contribution in [3.8, 4) is 5.75 Å². The Balaban J connectivity index is 1.93. The highest BCUT2D eigenvalue weighted by Gasteiger charge is 2.10. The van der Waals surface area contributed by atoms with Crippen LogP contribution in [-0.2, 0) is 6.54 Å². The Bertz CT molecular complexity index is 565. The van der Waals surface area contributed by atoms with E-state index in [-0.39, 0.29) is 11.5 Å². The van der Waals surface area contributed by atoms with Gasteiger partial charge in [0.25, 0.3) is 0 Å². The van der Waals surface area contributed by atoms with Crippen molar-refractivity contribution in [3.63, 3.8) is 0 Å². The topological polar surface area (TPSA) is 40.5 Å². The average molecular weight is 296 g/mol. The molecule has 0 aliphatic rings. The summed E-state index contributed by atoms with van der Waals surface area (Å²) < 4.78 is 0.758. The van der Waals surface area contributed by atoms with Crippen molar-refractivity contribution >= 4 is 28.7 Å². The Morgan fingerprint density at radius 2 is 1.95 bits per heavy atom. The van der Waals surface area contributed by atoms with Crippen molar-refractivity contribution in [2.24, 2.45) is 0 Å². The van der Waals surface area contributed by atoms with Crippen LogP contribution in [0.15, 0.2) is 36.4 Å². The molecule has 0 aliphatic heterocycles. The van der Waals surface area contributed by atoms with Gasteiger partial charge in [0.1, 0.15) is 5.75 Å². The van der Waals surface area contributed by atoms with Gasteiger partial charge in [-0.1, -0.05) is 11.6 Å². The fourth-order valence-electron chi connectivity index (χ4n) is 1.74. The molecule has 1 heterocycles. The lowest BCUT2D eigenvalue weighted by molar-refractivity contribution is 0.0943. The third kappa shape index (κ3) is 4.06. The summed E-state index contributed by atoms with van der Waals surface area (Å²) >= 11 is 7.39. The van der Waals surface area contributed by atoms with Gasteiger partial charge in [0, 0.05) is 17.0 Å². The third-order valence-electron chi connectivity index (χ3n) is 2.66. The van der Waals surface area contributed by atoms with Gasteiger partial charge in [-0.25, -0.2) is 0 Å². The molecule has 1 aromatic heterocycles. The van der Waals surface area contributed by atoms with Crippen molar-refractivity contribution in [1.82, 2.24) is 4.90 Å². The molecule has 1 aromatic carbocycles. The first-order chi connectivity index (χ1) is 9.04. The van der Waals surface area contributed by atoms with E-state index in [1.54, 1.807) is 12.1 Å². The zero-order valence-corrected chi connectivity index (χ0v) is 12.0. The maximum Gasteiger partial charge on any atom is 0.176 e. The maximum atomic E-state index is 12.0. The van der Waals surface area contributed by atoms with Crippen LogP contribution in [0.4, 0.5) is 0 Å². The Morgan fingerprint density at radius 3 is 2.53 bits per heavy atom. The Morgan fingerprint density at radius 1 is 1.26 bits per heavy atom. The normalized spacial score (nSPS) is 10.9. The lowest BCUT2D eigenvalue weighted by atomic mass is 10.1. The van der Waals surface area contributed by atoms with Crippen LogP contribution in [0.5, 0.6) is 5.75 Å². The van der Waals surface area contributed by atoms with Crippen molar-refractivity contribution in [3.05, 3.63) is 51.2 Å². The number of carbonyl (C=O) groups excluding carboxylic acids is 1. The van der Waals surface area contributed by atoms with Gasteiger partial charge < -0.3 is 5.11 Å². The van der Waals surface area contributed by atoms with E-state index in [2.05, 4.69) is 0 Å². The highest BCUT2D eigenvalue weighted by Crippen LogP contribution is 2.22. The molecule has 5 heteroatoms. The van der Waals surface area contributed by atoms with Gasteiger partial charge in [-0.3, -0.25) is 9.69 Å². The standard InChI is InChI=1S/C14H14ClNO2S/c1-16(8-12-6-7-14(15)19-12)9-13(18)10-2-4-11(17)5-3-10/h2-7,17H,8-9H2,1H3. The second-order valence-electron chi connectivity index (χ2n) is 4.35. The van der Waals surface area contributed by atoms with Crippen LogP contribution in [0, 0.1) is 0 Å². The number of Topliss-reactive ketones (excluding diaryl/α,β-unsaturated/α-hetero) is 1. The number of thiophene rings is 1. The number of hydrogen-bond acceptors (Lipinski definition) is 4. The summed E-state index contributed by atoms with van der Waals surface area (Å²) in [5.41, 5.74) is 0.605. The molecular weight excluding hydrogens is 282 g/mol. The predicted octanol–water partition coefficient (Wildman–Crippen LogP) is 3.42. The van der Waals surface area contributed by atoms with E-state index in [1.807, 2.05) is 24.1 Å². The number of rotatable bonds is 5. The SMILES string of the molecule is CN(CC(=O)c1ccc(O)cc1)Cc1ccc(Cl)s1. The van der Waals surface area contributed by atoms with Crippen LogP contribution in [0.1, 0.15) is 15.2 Å². The summed E-state index contributed by atoms with van der Waals surface area (Å²) in [5, 5.41) is 9.18. The number of halogens is 1. The highest BCUT2D eigenvalue weighted by atomic mass is 35.5. The number of phenolic OH excluding ortho intramolecular Hbond substituents is 1. The highest BCUT2D eigenvalue weighted by molar-refractivity contribution is 7.16.